The Morgan fingerprint density at radius 3 is 2.77 bits per heavy atom. The molecule has 0 saturated heterocycles. The molecule has 1 amide bonds. The number of likely N-dealkylation sites (N-methyl/N-ethyl adjacent to an activating group) is 1. The zero-order valence-corrected chi connectivity index (χ0v) is 16.7. The van der Waals surface area contributed by atoms with Gasteiger partial charge in [-0.2, -0.15) is 0 Å². The van der Waals surface area contributed by atoms with Crippen LogP contribution in [0.5, 0.6) is 0 Å². The van der Waals surface area contributed by atoms with Crippen LogP contribution in [-0.2, 0) is 21.2 Å². The van der Waals surface area contributed by atoms with Crippen LogP contribution >= 0.6 is 0 Å². The first kappa shape index (κ1) is 19.3. The van der Waals surface area contributed by atoms with Gasteiger partial charge in [-0.05, 0) is 63.0 Å². The Morgan fingerprint density at radius 2 is 2.08 bits per heavy atom. The van der Waals surface area contributed by atoms with Crippen LogP contribution in [0.4, 0.5) is 5.69 Å². The van der Waals surface area contributed by atoms with Crippen molar-refractivity contribution in [1.82, 2.24) is 9.62 Å². The van der Waals surface area contributed by atoms with Crippen molar-refractivity contribution < 1.29 is 13.2 Å². The van der Waals surface area contributed by atoms with Crippen LogP contribution in [0, 0.1) is 5.92 Å². The molecule has 2 N–H and O–H groups in total. The molecule has 1 aliphatic carbocycles. The van der Waals surface area contributed by atoms with Crippen LogP contribution < -0.4 is 10.0 Å². The van der Waals surface area contributed by atoms with E-state index in [2.05, 4.69) is 21.9 Å². The fraction of sp³-hybridized carbons (Fsp3) is 0.632. The van der Waals surface area contributed by atoms with Gasteiger partial charge in [-0.1, -0.05) is 19.8 Å². The third-order valence-corrected chi connectivity index (χ3v) is 7.29. The molecule has 2 atom stereocenters. The lowest BCUT2D eigenvalue weighted by Gasteiger charge is -2.45. The number of nitrogens with zero attached hydrogens (tertiary/aromatic N) is 1. The molecule has 1 aromatic rings. The summed E-state index contributed by atoms with van der Waals surface area (Å²) < 4.78 is 28.6. The third kappa shape index (κ3) is 3.94. The lowest BCUT2D eigenvalue weighted by atomic mass is 9.75. The zero-order valence-electron chi connectivity index (χ0n) is 15.8. The number of anilines is 1. The summed E-state index contributed by atoms with van der Waals surface area (Å²) in [6.07, 6.45) is 5.30. The first-order chi connectivity index (χ1) is 12.2. The molecule has 3 rings (SSSR count). The number of fused-ring (bicyclic) bond motifs is 1. The van der Waals surface area contributed by atoms with E-state index in [-0.39, 0.29) is 16.3 Å². The zero-order chi connectivity index (χ0) is 18.9. The number of carbonyl (C=O) groups is 1. The average molecular weight is 380 g/mol. The Labute approximate surface area is 156 Å². The maximum atomic E-state index is 12.9. The van der Waals surface area contributed by atoms with E-state index in [1.807, 2.05) is 14.1 Å². The minimum Gasteiger partial charge on any atom is -0.326 e. The van der Waals surface area contributed by atoms with Gasteiger partial charge in [0.1, 0.15) is 0 Å². The van der Waals surface area contributed by atoms with Crippen LogP contribution in [0.25, 0.3) is 0 Å². The van der Waals surface area contributed by atoms with Crippen molar-refractivity contribution in [3.8, 4) is 0 Å². The van der Waals surface area contributed by atoms with Crippen molar-refractivity contribution in [3.05, 3.63) is 23.8 Å². The summed E-state index contributed by atoms with van der Waals surface area (Å²) in [5, 5.41) is 2.79. The second-order valence-electron chi connectivity index (χ2n) is 8.01. The lowest BCUT2D eigenvalue weighted by Crippen LogP contribution is -2.55. The van der Waals surface area contributed by atoms with Gasteiger partial charge < -0.3 is 10.2 Å². The first-order valence-electron chi connectivity index (χ1n) is 9.32. The molecule has 1 aromatic carbocycles. The van der Waals surface area contributed by atoms with Gasteiger partial charge in [0.15, 0.2) is 0 Å². The van der Waals surface area contributed by atoms with Crippen LogP contribution in [0.15, 0.2) is 23.1 Å². The number of rotatable bonds is 5. The van der Waals surface area contributed by atoms with E-state index in [0.29, 0.717) is 31.0 Å². The van der Waals surface area contributed by atoms with Crippen molar-refractivity contribution in [2.45, 2.75) is 55.9 Å². The predicted octanol–water partition coefficient (Wildman–Crippen LogP) is 2.36. The fourth-order valence-corrected chi connectivity index (χ4v) is 5.37. The molecule has 144 valence electrons. The molecular formula is C19H29N3O3S. The molecule has 0 aromatic heterocycles. The smallest absolute Gasteiger partial charge is 0.240 e. The van der Waals surface area contributed by atoms with E-state index in [9.17, 15) is 13.2 Å². The molecule has 1 fully saturated rings. The molecular weight excluding hydrogens is 350 g/mol. The van der Waals surface area contributed by atoms with Gasteiger partial charge in [-0.3, -0.25) is 4.79 Å². The van der Waals surface area contributed by atoms with E-state index in [1.54, 1.807) is 18.2 Å². The van der Waals surface area contributed by atoms with Crippen LogP contribution in [0.3, 0.4) is 0 Å². The average Bonchev–Trinajstić information content (AvgIpc) is 2.59. The fourth-order valence-electron chi connectivity index (χ4n) is 4.20. The largest absolute Gasteiger partial charge is 0.326 e. The summed E-state index contributed by atoms with van der Waals surface area (Å²) in [5.74, 6) is 0.577. The molecule has 6 nitrogen and oxygen atoms in total. The molecule has 26 heavy (non-hydrogen) atoms. The van der Waals surface area contributed by atoms with Crippen LogP contribution in [0.2, 0.25) is 0 Å². The Bertz CT molecular complexity index is 791. The topological polar surface area (TPSA) is 78.5 Å². The van der Waals surface area contributed by atoms with Gasteiger partial charge in [0.05, 0.1) is 4.90 Å². The van der Waals surface area contributed by atoms with E-state index < -0.39 is 10.0 Å². The monoisotopic (exact) mass is 379 g/mol. The van der Waals surface area contributed by atoms with Gasteiger partial charge in [-0.25, -0.2) is 13.1 Å². The lowest BCUT2D eigenvalue weighted by molar-refractivity contribution is -0.116. The summed E-state index contributed by atoms with van der Waals surface area (Å²) in [7, 11) is 0.486. The number of sulfonamides is 1. The number of aryl methyl sites for hydroxylation is 1. The number of hydrogen-bond acceptors (Lipinski definition) is 4. The number of nitrogens with one attached hydrogen (secondary N) is 2. The van der Waals surface area contributed by atoms with E-state index in [0.717, 1.165) is 24.8 Å². The summed E-state index contributed by atoms with van der Waals surface area (Å²) in [6.45, 7) is 2.66. The maximum absolute atomic E-state index is 12.9. The molecule has 2 aliphatic rings. The molecule has 7 heteroatoms. The number of amides is 1. The minimum absolute atomic E-state index is 0.0226. The molecule has 0 radical (unpaired) electrons. The first-order valence-corrected chi connectivity index (χ1v) is 10.8. The number of benzene rings is 1. The van der Waals surface area contributed by atoms with Crippen LogP contribution in [0.1, 0.15) is 44.6 Å². The van der Waals surface area contributed by atoms with E-state index in [4.69, 9.17) is 0 Å². The second kappa shape index (κ2) is 7.29. The maximum Gasteiger partial charge on any atom is 0.240 e. The Hall–Kier alpha value is -1.44. The van der Waals surface area contributed by atoms with Crippen molar-refractivity contribution in [3.63, 3.8) is 0 Å². The quantitative estimate of drug-likeness (QED) is 0.823. The summed E-state index contributed by atoms with van der Waals surface area (Å²) >= 11 is 0. The SMILES string of the molecule is C[C@@H]1CCC[C@](CNS(=O)(=O)c2ccc3c(c2)CCC(=O)N3)(N(C)C)C1. The van der Waals surface area contributed by atoms with Crippen LogP contribution in [-0.4, -0.2) is 45.4 Å². The van der Waals surface area contributed by atoms with Gasteiger partial charge in [-0.15, -0.1) is 0 Å². The highest BCUT2D eigenvalue weighted by molar-refractivity contribution is 7.89. The summed E-state index contributed by atoms with van der Waals surface area (Å²) in [5.41, 5.74) is 1.46. The van der Waals surface area contributed by atoms with Crippen molar-refractivity contribution in [1.29, 1.82) is 0 Å². The Balaban J connectivity index is 1.77. The third-order valence-electron chi connectivity index (χ3n) is 5.89. The number of hydrogen-bond donors (Lipinski definition) is 2. The molecule has 0 spiro atoms. The predicted molar refractivity (Wildman–Crippen MR) is 103 cm³/mol. The second-order valence-corrected chi connectivity index (χ2v) is 9.78. The molecule has 1 heterocycles. The van der Waals surface area contributed by atoms with E-state index in [1.165, 1.54) is 6.42 Å². The normalized spacial score (nSPS) is 26.5. The summed E-state index contributed by atoms with van der Waals surface area (Å²) in [6, 6.07) is 4.94. The van der Waals surface area contributed by atoms with Crippen molar-refractivity contribution in [2.24, 2.45) is 5.92 Å². The molecule has 0 bridgehead atoms. The minimum atomic E-state index is -3.59. The van der Waals surface area contributed by atoms with Gasteiger partial charge in [0, 0.05) is 24.2 Å². The van der Waals surface area contributed by atoms with E-state index >= 15 is 0 Å². The van der Waals surface area contributed by atoms with Gasteiger partial charge in [0.25, 0.3) is 0 Å². The van der Waals surface area contributed by atoms with Gasteiger partial charge in [0.2, 0.25) is 15.9 Å². The molecule has 1 saturated carbocycles. The van der Waals surface area contributed by atoms with Crippen molar-refractivity contribution in [2.75, 3.05) is 26.0 Å². The Kier molecular flexibility index (Phi) is 5.42. The highest BCUT2D eigenvalue weighted by Gasteiger charge is 2.38. The molecule has 1 aliphatic heterocycles. The standard InChI is InChI=1S/C19H29N3O3S/c1-14-5-4-10-19(12-14,22(2)3)13-20-26(24,25)16-7-8-17-15(11-16)6-9-18(23)21-17/h7-8,11,14,20H,4-6,9-10,12-13H2,1-3H3,(H,21,23)/t14-,19+/m1/s1. The summed E-state index contributed by atoms with van der Waals surface area (Å²) in [4.78, 5) is 13.9. The highest BCUT2D eigenvalue weighted by Crippen LogP contribution is 2.35. The highest BCUT2D eigenvalue weighted by atomic mass is 32.2. The Morgan fingerprint density at radius 1 is 1.31 bits per heavy atom. The van der Waals surface area contributed by atoms with Crippen molar-refractivity contribution >= 4 is 21.6 Å². The number of carbonyl (C=O) groups excluding carboxylic acids is 1. The van der Waals surface area contributed by atoms with Gasteiger partial charge >= 0.3 is 0 Å². The molecule has 0 unspecified atom stereocenters.